The SMILES string of the molecule is Nc1cc(C2(CF)COCC(=O)N2)ccn1. The third kappa shape index (κ3) is 1.83. The number of alkyl halides is 1. The number of anilines is 1. The van der Waals surface area contributed by atoms with Crippen molar-refractivity contribution in [2.24, 2.45) is 0 Å². The number of pyridine rings is 1. The van der Waals surface area contributed by atoms with E-state index in [1.54, 1.807) is 6.07 Å². The van der Waals surface area contributed by atoms with Crippen LogP contribution in [0.5, 0.6) is 0 Å². The highest BCUT2D eigenvalue weighted by Gasteiger charge is 2.38. The average Bonchev–Trinajstić information content (AvgIpc) is 2.29. The molecule has 0 aliphatic carbocycles. The predicted molar refractivity (Wildman–Crippen MR) is 55.3 cm³/mol. The number of nitrogens with zero attached hydrogens (tertiary/aromatic N) is 1. The maximum atomic E-state index is 13.2. The number of halogens is 1. The molecule has 5 nitrogen and oxygen atoms in total. The van der Waals surface area contributed by atoms with Gasteiger partial charge < -0.3 is 15.8 Å². The molecule has 2 heterocycles. The standard InChI is InChI=1S/C10H12FN3O2/c11-5-10(6-16-4-9(15)14-10)7-1-2-13-8(12)3-7/h1-3H,4-6H2,(H2,12,13)(H,14,15). The summed E-state index contributed by atoms with van der Waals surface area (Å²) < 4.78 is 18.2. The van der Waals surface area contributed by atoms with Gasteiger partial charge in [0.05, 0.1) is 6.61 Å². The normalized spacial score (nSPS) is 25.2. The van der Waals surface area contributed by atoms with Crippen LogP contribution in [0.1, 0.15) is 5.56 Å². The number of nitrogen functional groups attached to an aromatic ring is 1. The minimum atomic E-state index is -1.13. The molecule has 1 aliphatic rings. The Bertz CT molecular complexity index is 413. The fourth-order valence-corrected chi connectivity index (χ4v) is 1.71. The minimum Gasteiger partial charge on any atom is -0.384 e. The van der Waals surface area contributed by atoms with Gasteiger partial charge in [-0.15, -0.1) is 0 Å². The third-order valence-electron chi connectivity index (χ3n) is 2.52. The lowest BCUT2D eigenvalue weighted by Gasteiger charge is -2.35. The van der Waals surface area contributed by atoms with Gasteiger partial charge in [0, 0.05) is 6.20 Å². The van der Waals surface area contributed by atoms with Gasteiger partial charge in [0.15, 0.2) is 0 Å². The molecule has 0 radical (unpaired) electrons. The Morgan fingerprint density at radius 2 is 2.50 bits per heavy atom. The third-order valence-corrected chi connectivity index (χ3v) is 2.52. The molecule has 1 unspecified atom stereocenters. The zero-order chi connectivity index (χ0) is 11.6. The smallest absolute Gasteiger partial charge is 0.246 e. The number of carbonyl (C=O) groups excluding carboxylic acids is 1. The van der Waals surface area contributed by atoms with Crippen LogP contribution in [-0.2, 0) is 15.1 Å². The highest BCUT2D eigenvalue weighted by Crippen LogP contribution is 2.25. The molecule has 1 atom stereocenters. The van der Waals surface area contributed by atoms with Crippen molar-refractivity contribution >= 4 is 11.7 Å². The first kappa shape index (κ1) is 10.8. The topological polar surface area (TPSA) is 77.2 Å². The molecule has 86 valence electrons. The second kappa shape index (κ2) is 4.05. The van der Waals surface area contributed by atoms with E-state index < -0.39 is 12.2 Å². The molecule has 1 aromatic rings. The van der Waals surface area contributed by atoms with Gasteiger partial charge in [-0.3, -0.25) is 4.79 Å². The van der Waals surface area contributed by atoms with Crippen LogP contribution in [0, 0.1) is 0 Å². The molecule has 0 aromatic carbocycles. The van der Waals surface area contributed by atoms with Crippen molar-refractivity contribution < 1.29 is 13.9 Å². The number of nitrogens with one attached hydrogen (secondary N) is 1. The summed E-state index contributed by atoms with van der Waals surface area (Å²) in [7, 11) is 0. The minimum absolute atomic E-state index is 0.0394. The molecule has 1 aliphatic heterocycles. The van der Waals surface area contributed by atoms with Crippen LogP contribution in [0.25, 0.3) is 0 Å². The number of carbonyl (C=O) groups is 1. The number of morpholine rings is 1. The molecule has 3 N–H and O–H groups in total. The van der Waals surface area contributed by atoms with Gasteiger partial charge >= 0.3 is 0 Å². The highest BCUT2D eigenvalue weighted by atomic mass is 19.1. The van der Waals surface area contributed by atoms with E-state index in [0.717, 1.165) is 0 Å². The second-order valence-electron chi connectivity index (χ2n) is 3.73. The second-order valence-corrected chi connectivity index (χ2v) is 3.73. The van der Waals surface area contributed by atoms with Crippen LogP contribution >= 0.6 is 0 Å². The Hall–Kier alpha value is -1.69. The summed E-state index contributed by atoms with van der Waals surface area (Å²) in [4.78, 5) is 15.1. The van der Waals surface area contributed by atoms with Crippen molar-refractivity contribution in [1.82, 2.24) is 10.3 Å². The lowest BCUT2D eigenvalue weighted by molar-refractivity contribution is -0.136. The summed E-state index contributed by atoms with van der Waals surface area (Å²) in [5, 5.41) is 2.60. The highest BCUT2D eigenvalue weighted by molar-refractivity contribution is 5.79. The van der Waals surface area contributed by atoms with Gasteiger partial charge in [-0.1, -0.05) is 0 Å². The Labute approximate surface area is 91.8 Å². The predicted octanol–water partition coefficient (Wildman–Crippen LogP) is -0.0250. The van der Waals surface area contributed by atoms with Crippen LogP contribution in [-0.4, -0.2) is 30.8 Å². The van der Waals surface area contributed by atoms with Crippen molar-refractivity contribution in [3.8, 4) is 0 Å². The Morgan fingerprint density at radius 1 is 1.69 bits per heavy atom. The van der Waals surface area contributed by atoms with Gasteiger partial charge in [0.1, 0.15) is 24.6 Å². The quantitative estimate of drug-likeness (QED) is 0.741. The van der Waals surface area contributed by atoms with Crippen LogP contribution in [0.2, 0.25) is 0 Å². The number of aromatic nitrogens is 1. The van der Waals surface area contributed by atoms with Gasteiger partial charge in [-0.05, 0) is 17.7 Å². The van der Waals surface area contributed by atoms with Crippen molar-refractivity contribution in [3.05, 3.63) is 23.9 Å². The molecule has 2 rings (SSSR count). The fourth-order valence-electron chi connectivity index (χ4n) is 1.71. The van der Waals surface area contributed by atoms with E-state index in [9.17, 15) is 9.18 Å². The van der Waals surface area contributed by atoms with E-state index in [4.69, 9.17) is 10.5 Å². The lowest BCUT2D eigenvalue weighted by atomic mass is 9.91. The first-order chi connectivity index (χ1) is 7.66. The summed E-state index contributed by atoms with van der Waals surface area (Å²) >= 11 is 0. The fraction of sp³-hybridized carbons (Fsp3) is 0.400. The Morgan fingerprint density at radius 3 is 3.12 bits per heavy atom. The van der Waals surface area contributed by atoms with E-state index in [1.165, 1.54) is 12.3 Å². The number of nitrogens with two attached hydrogens (primary N) is 1. The Balaban J connectivity index is 2.37. The number of hydrogen-bond acceptors (Lipinski definition) is 4. The molecule has 16 heavy (non-hydrogen) atoms. The van der Waals surface area contributed by atoms with E-state index in [2.05, 4.69) is 10.3 Å². The maximum Gasteiger partial charge on any atom is 0.246 e. The molecule has 1 fully saturated rings. The zero-order valence-electron chi connectivity index (χ0n) is 8.57. The van der Waals surface area contributed by atoms with E-state index >= 15 is 0 Å². The Kier molecular flexibility index (Phi) is 2.74. The van der Waals surface area contributed by atoms with E-state index in [1.807, 2.05) is 0 Å². The van der Waals surface area contributed by atoms with Crippen molar-refractivity contribution in [2.45, 2.75) is 5.54 Å². The molecule has 1 aromatic heterocycles. The summed E-state index contributed by atoms with van der Waals surface area (Å²) in [6.45, 7) is -0.691. The summed E-state index contributed by atoms with van der Waals surface area (Å²) in [6, 6.07) is 3.15. The van der Waals surface area contributed by atoms with Gasteiger partial charge in [-0.25, -0.2) is 9.37 Å². The molecule has 0 spiro atoms. The monoisotopic (exact) mass is 225 g/mol. The van der Waals surface area contributed by atoms with Gasteiger partial charge in [-0.2, -0.15) is 0 Å². The number of rotatable bonds is 2. The number of hydrogen-bond donors (Lipinski definition) is 2. The van der Waals surface area contributed by atoms with Crippen molar-refractivity contribution in [3.63, 3.8) is 0 Å². The molecule has 0 saturated carbocycles. The lowest BCUT2D eigenvalue weighted by Crippen LogP contribution is -2.56. The van der Waals surface area contributed by atoms with Crippen LogP contribution < -0.4 is 11.1 Å². The molecule has 1 saturated heterocycles. The van der Waals surface area contributed by atoms with Crippen molar-refractivity contribution in [2.75, 3.05) is 25.6 Å². The van der Waals surface area contributed by atoms with E-state index in [-0.39, 0.29) is 24.9 Å². The molecular weight excluding hydrogens is 213 g/mol. The van der Waals surface area contributed by atoms with E-state index in [0.29, 0.717) is 5.56 Å². The first-order valence-corrected chi connectivity index (χ1v) is 4.83. The summed E-state index contributed by atoms with van der Waals surface area (Å²) in [5.41, 5.74) is 4.96. The van der Waals surface area contributed by atoms with Gasteiger partial charge in [0.25, 0.3) is 0 Å². The average molecular weight is 225 g/mol. The molecule has 6 heteroatoms. The van der Waals surface area contributed by atoms with Crippen LogP contribution in [0.15, 0.2) is 18.3 Å². The summed E-state index contributed by atoms with van der Waals surface area (Å²) in [6.07, 6.45) is 1.48. The van der Waals surface area contributed by atoms with Crippen LogP contribution in [0.3, 0.4) is 0 Å². The summed E-state index contributed by atoms with van der Waals surface area (Å²) in [5.74, 6) is -0.0515. The molecular formula is C10H12FN3O2. The number of amides is 1. The van der Waals surface area contributed by atoms with Gasteiger partial charge in [0.2, 0.25) is 5.91 Å². The first-order valence-electron chi connectivity index (χ1n) is 4.83. The molecule has 0 bridgehead atoms. The maximum absolute atomic E-state index is 13.2. The van der Waals surface area contributed by atoms with Crippen LogP contribution in [0.4, 0.5) is 10.2 Å². The molecule has 1 amide bonds. The largest absolute Gasteiger partial charge is 0.384 e. The zero-order valence-corrected chi connectivity index (χ0v) is 8.57. The number of ether oxygens (including phenoxy) is 1. The van der Waals surface area contributed by atoms with Crippen molar-refractivity contribution in [1.29, 1.82) is 0 Å².